The normalized spacial score (nSPS) is 17.7. The molecule has 1 amide bonds. The number of hydrogen-bond acceptors (Lipinski definition) is 5. The number of hydrogen-bond donors (Lipinski definition) is 1. The molecule has 4 rings (SSSR count). The minimum Gasteiger partial charge on any atom is -0.507 e. The van der Waals surface area contributed by atoms with Crippen molar-refractivity contribution in [2.24, 2.45) is 5.92 Å². The maximum absolute atomic E-state index is 13.9. The highest BCUT2D eigenvalue weighted by Gasteiger charge is 2.48. The van der Waals surface area contributed by atoms with E-state index in [0.717, 1.165) is 17.0 Å². The number of carbonyl (C=O) groups excluding carboxylic acids is 2. The third-order valence-corrected chi connectivity index (χ3v) is 5.15. The summed E-state index contributed by atoms with van der Waals surface area (Å²) in [7, 11) is 0. The Morgan fingerprint density at radius 3 is 2.42 bits per heavy atom. The molecule has 1 N–H and O–H groups in total. The zero-order chi connectivity index (χ0) is 23.7. The Morgan fingerprint density at radius 1 is 1.09 bits per heavy atom. The van der Waals surface area contributed by atoms with Crippen LogP contribution in [0.4, 0.5) is 14.5 Å². The zero-order valence-corrected chi connectivity index (χ0v) is 17.9. The molecular formula is C25H21F2NO5. The molecule has 170 valence electrons. The van der Waals surface area contributed by atoms with E-state index in [4.69, 9.17) is 9.15 Å². The first-order valence-electron chi connectivity index (χ1n) is 10.3. The van der Waals surface area contributed by atoms with Gasteiger partial charge in [0.05, 0.1) is 18.4 Å². The number of ketones is 1. The van der Waals surface area contributed by atoms with Gasteiger partial charge in [0, 0.05) is 17.3 Å². The maximum Gasteiger partial charge on any atom is 0.300 e. The van der Waals surface area contributed by atoms with Gasteiger partial charge in [0.25, 0.3) is 11.7 Å². The van der Waals surface area contributed by atoms with Crippen LogP contribution in [-0.2, 0) is 9.59 Å². The first kappa shape index (κ1) is 22.3. The number of aliphatic hydroxyl groups excluding tert-OH is 1. The summed E-state index contributed by atoms with van der Waals surface area (Å²) in [5, 5.41) is 11.0. The number of anilines is 1. The molecule has 0 saturated carbocycles. The monoisotopic (exact) mass is 453 g/mol. The Bertz CT molecular complexity index is 1220. The van der Waals surface area contributed by atoms with Gasteiger partial charge in [0.15, 0.2) is 11.6 Å². The number of halogens is 2. The fourth-order valence-electron chi connectivity index (χ4n) is 3.58. The summed E-state index contributed by atoms with van der Waals surface area (Å²) in [6.45, 7) is 4.55. The van der Waals surface area contributed by atoms with Gasteiger partial charge in [-0.25, -0.2) is 8.78 Å². The van der Waals surface area contributed by atoms with Crippen LogP contribution in [0.5, 0.6) is 5.75 Å². The van der Waals surface area contributed by atoms with Crippen molar-refractivity contribution in [3.05, 3.63) is 89.4 Å². The molecule has 8 heteroatoms. The van der Waals surface area contributed by atoms with Gasteiger partial charge in [-0.3, -0.25) is 14.5 Å². The summed E-state index contributed by atoms with van der Waals surface area (Å²) in [6, 6.07) is 11.2. The number of rotatable bonds is 6. The first-order chi connectivity index (χ1) is 15.8. The molecule has 3 aromatic rings. The quantitative estimate of drug-likeness (QED) is 0.315. The highest BCUT2D eigenvalue weighted by Crippen LogP contribution is 2.42. The van der Waals surface area contributed by atoms with Crippen LogP contribution in [0.25, 0.3) is 5.76 Å². The van der Waals surface area contributed by atoms with Crippen molar-refractivity contribution in [2.45, 2.75) is 19.9 Å². The highest BCUT2D eigenvalue weighted by atomic mass is 19.2. The minimum absolute atomic E-state index is 0.0473. The van der Waals surface area contributed by atoms with Gasteiger partial charge < -0.3 is 14.3 Å². The smallest absolute Gasteiger partial charge is 0.300 e. The van der Waals surface area contributed by atoms with Crippen LogP contribution in [0.2, 0.25) is 0 Å². The Labute approximate surface area is 188 Å². The molecule has 0 radical (unpaired) electrons. The number of furan rings is 1. The predicted octanol–water partition coefficient (Wildman–Crippen LogP) is 5.22. The largest absolute Gasteiger partial charge is 0.507 e. The van der Waals surface area contributed by atoms with E-state index in [9.17, 15) is 23.5 Å². The average Bonchev–Trinajstić information content (AvgIpc) is 3.41. The predicted molar refractivity (Wildman–Crippen MR) is 117 cm³/mol. The number of amides is 1. The molecular weight excluding hydrogens is 432 g/mol. The Hall–Kier alpha value is -3.94. The van der Waals surface area contributed by atoms with E-state index >= 15 is 0 Å². The van der Waals surface area contributed by atoms with Crippen molar-refractivity contribution in [1.82, 2.24) is 0 Å². The summed E-state index contributed by atoms with van der Waals surface area (Å²) in [4.78, 5) is 26.9. The third-order valence-electron chi connectivity index (χ3n) is 5.15. The van der Waals surface area contributed by atoms with E-state index in [0.29, 0.717) is 18.3 Å². The first-order valence-corrected chi connectivity index (χ1v) is 10.3. The van der Waals surface area contributed by atoms with Crippen LogP contribution in [0.1, 0.15) is 31.2 Å². The van der Waals surface area contributed by atoms with E-state index < -0.39 is 35.1 Å². The van der Waals surface area contributed by atoms with Gasteiger partial charge in [0.2, 0.25) is 0 Å². The lowest BCUT2D eigenvalue weighted by atomic mass is 9.99. The van der Waals surface area contributed by atoms with Crippen molar-refractivity contribution < 1.29 is 32.6 Å². The van der Waals surface area contributed by atoms with E-state index in [1.165, 1.54) is 18.4 Å². The Morgan fingerprint density at radius 2 is 1.82 bits per heavy atom. The molecule has 0 bridgehead atoms. The molecule has 0 spiro atoms. The number of ether oxygens (including phenoxy) is 1. The molecule has 33 heavy (non-hydrogen) atoms. The van der Waals surface area contributed by atoms with E-state index in [1.807, 2.05) is 13.8 Å². The van der Waals surface area contributed by atoms with Crippen molar-refractivity contribution in [1.29, 1.82) is 0 Å². The number of Topliss-reactive ketones (excluding diaryl/α,β-unsaturated/α-hetero) is 1. The van der Waals surface area contributed by atoms with E-state index in [1.54, 1.807) is 30.3 Å². The lowest BCUT2D eigenvalue weighted by Gasteiger charge is -2.23. The summed E-state index contributed by atoms with van der Waals surface area (Å²) in [5.41, 5.74) is 0.0103. The summed E-state index contributed by atoms with van der Waals surface area (Å²) < 4.78 is 38.4. The molecule has 1 atom stereocenters. The van der Waals surface area contributed by atoms with Crippen LogP contribution in [0.15, 0.2) is 70.9 Å². The summed E-state index contributed by atoms with van der Waals surface area (Å²) in [6.07, 6.45) is 1.35. The molecule has 2 aromatic carbocycles. The standard InChI is InChI=1S/C25H21F2NO5/c1-14(2)13-33-17-8-5-15(6-9-17)23(29)21-22(20-4-3-11-32-20)28(25(31)24(21)30)16-7-10-18(26)19(27)12-16/h3-12,14,22,29H,13H2,1-2H3/b23-21-. The van der Waals surface area contributed by atoms with Gasteiger partial charge in [-0.2, -0.15) is 0 Å². The Balaban J connectivity index is 1.79. The average molecular weight is 453 g/mol. The van der Waals surface area contributed by atoms with Crippen LogP contribution in [0, 0.1) is 17.6 Å². The molecule has 1 aromatic heterocycles. The molecule has 0 aliphatic carbocycles. The van der Waals surface area contributed by atoms with Crippen molar-refractivity contribution in [3.63, 3.8) is 0 Å². The number of benzene rings is 2. The van der Waals surface area contributed by atoms with E-state index in [2.05, 4.69) is 0 Å². The zero-order valence-electron chi connectivity index (χ0n) is 17.9. The van der Waals surface area contributed by atoms with Gasteiger partial charge >= 0.3 is 0 Å². The number of carbonyl (C=O) groups is 2. The molecule has 1 unspecified atom stereocenters. The third kappa shape index (κ3) is 4.24. The molecule has 1 fully saturated rings. The second-order valence-corrected chi connectivity index (χ2v) is 8.01. The van der Waals surface area contributed by atoms with Gasteiger partial charge in [-0.15, -0.1) is 0 Å². The van der Waals surface area contributed by atoms with Crippen LogP contribution < -0.4 is 9.64 Å². The molecule has 1 saturated heterocycles. The van der Waals surface area contributed by atoms with Crippen LogP contribution >= 0.6 is 0 Å². The van der Waals surface area contributed by atoms with Crippen molar-refractivity contribution >= 4 is 23.1 Å². The second kappa shape index (κ2) is 8.90. The van der Waals surface area contributed by atoms with Crippen molar-refractivity contribution in [2.75, 3.05) is 11.5 Å². The second-order valence-electron chi connectivity index (χ2n) is 8.01. The SMILES string of the molecule is CC(C)COc1ccc(/C(O)=C2/C(=O)C(=O)N(c3ccc(F)c(F)c3)C2c2ccco2)cc1. The molecule has 6 nitrogen and oxygen atoms in total. The maximum atomic E-state index is 13.9. The van der Waals surface area contributed by atoms with Gasteiger partial charge in [0.1, 0.15) is 23.3 Å². The van der Waals surface area contributed by atoms with Gasteiger partial charge in [-0.05, 0) is 54.4 Å². The molecule has 1 aliphatic rings. The lowest BCUT2D eigenvalue weighted by Crippen LogP contribution is -2.29. The van der Waals surface area contributed by atoms with Crippen LogP contribution in [0.3, 0.4) is 0 Å². The summed E-state index contributed by atoms with van der Waals surface area (Å²) >= 11 is 0. The van der Waals surface area contributed by atoms with Crippen molar-refractivity contribution in [3.8, 4) is 5.75 Å². The Kier molecular flexibility index (Phi) is 6.00. The minimum atomic E-state index is -1.18. The molecule has 2 heterocycles. The van der Waals surface area contributed by atoms with Crippen LogP contribution in [-0.4, -0.2) is 23.4 Å². The highest BCUT2D eigenvalue weighted by molar-refractivity contribution is 6.51. The topological polar surface area (TPSA) is 80.0 Å². The van der Waals surface area contributed by atoms with E-state index in [-0.39, 0.29) is 22.6 Å². The number of nitrogens with zero attached hydrogens (tertiary/aromatic N) is 1. The lowest BCUT2D eigenvalue weighted by molar-refractivity contribution is -0.132. The fourth-order valence-corrected chi connectivity index (χ4v) is 3.58. The number of aliphatic hydroxyl groups is 1. The molecule has 1 aliphatic heterocycles. The summed E-state index contributed by atoms with van der Waals surface area (Å²) in [5.74, 6) is -3.56. The fraction of sp³-hybridized carbons (Fsp3) is 0.200. The van der Waals surface area contributed by atoms with Gasteiger partial charge in [-0.1, -0.05) is 13.8 Å².